The van der Waals surface area contributed by atoms with Crippen LogP contribution in [0.15, 0.2) is 4.52 Å². The summed E-state index contributed by atoms with van der Waals surface area (Å²) in [4.78, 5) is 9.24. The first-order valence-corrected chi connectivity index (χ1v) is 6.97. The molecule has 1 aliphatic heterocycles. The lowest BCUT2D eigenvalue weighted by Gasteiger charge is -2.33. The molecule has 108 valence electrons. The van der Waals surface area contributed by atoms with Gasteiger partial charge < -0.3 is 10.3 Å². The monoisotopic (exact) mass is 267 g/mol. The molecule has 2 heterocycles. The molecule has 1 saturated heterocycles. The third-order valence-electron chi connectivity index (χ3n) is 3.38. The molecular formula is C13H25N5O. The van der Waals surface area contributed by atoms with E-state index in [1.165, 1.54) is 0 Å². The summed E-state index contributed by atoms with van der Waals surface area (Å²) in [7, 11) is 0. The van der Waals surface area contributed by atoms with Crippen LogP contribution in [0.1, 0.15) is 32.5 Å². The normalized spacial score (nSPS) is 18.9. The van der Waals surface area contributed by atoms with E-state index in [4.69, 9.17) is 10.3 Å². The first-order valence-electron chi connectivity index (χ1n) is 6.97. The molecule has 0 aliphatic carbocycles. The van der Waals surface area contributed by atoms with Gasteiger partial charge in [0.05, 0.1) is 6.54 Å². The van der Waals surface area contributed by atoms with E-state index >= 15 is 0 Å². The van der Waals surface area contributed by atoms with E-state index in [0.717, 1.165) is 51.6 Å². The van der Waals surface area contributed by atoms with Gasteiger partial charge in [0.2, 0.25) is 5.89 Å². The van der Waals surface area contributed by atoms with Crippen molar-refractivity contribution < 1.29 is 4.52 Å². The Morgan fingerprint density at radius 2 is 1.79 bits per heavy atom. The van der Waals surface area contributed by atoms with E-state index in [-0.39, 0.29) is 5.41 Å². The van der Waals surface area contributed by atoms with Gasteiger partial charge in [-0.3, -0.25) is 9.80 Å². The molecule has 1 aromatic rings. The minimum atomic E-state index is -0.0783. The van der Waals surface area contributed by atoms with Gasteiger partial charge in [0.15, 0.2) is 5.82 Å². The summed E-state index contributed by atoms with van der Waals surface area (Å²) in [6.45, 7) is 13.0. The van der Waals surface area contributed by atoms with Crippen molar-refractivity contribution in [3.63, 3.8) is 0 Å². The fourth-order valence-electron chi connectivity index (χ4n) is 2.18. The molecular weight excluding hydrogens is 242 g/mol. The van der Waals surface area contributed by atoms with Crippen molar-refractivity contribution in [2.24, 2.45) is 5.73 Å². The van der Waals surface area contributed by atoms with Crippen molar-refractivity contribution in [1.82, 2.24) is 19.9 Å². The first-order chi connectivity index (χ1) is 8.99. The second-order valence-electron chi connectivity index (χ2n) is 6.17. The predicted octanol–water partition coefficient (Wildman–Crippen LogP) is 0.443. The highest BCUT2D eigenvalue weighted by atomic mass is 16.5. The molecule has 2 rings (SSSR count). The second-order valence-corrected chi connectivity index (χ2v) is 6.17. The summed E-state index contributed by atoms with van der Waals surface area (Å²) in [5.74, 6) is 1.50. The van der Waals surface area contributed by atoms with Crippen molar-refractivity contribution in [2.75, 3.05) is 39.3 Å². The summed E-state index contributed by atoms with van der Waals surface area (Å²) >= 11 is 0. The van der Waals surface area contributed by atoms with Crippen LogP contribution in [0.25, 0.3) is 0 Å². The van der Waals surface area contributed by atoms with Crippen LogP contribution in [0.5, 0.6) is 0 Å². The molecule has 0 saturated carbocycles. The lowest BCUT2D eigenvalue weighted by Crippen LogP contribution is -2.47. The molecule has 1 aromatic heterocycles. The maximum atomic E-state index is 5.57. The third-order valence-corrected chi connectivity index (χ3v) is 3.38. The Morgan fingerprint density at radius 3 is 2.32 bits per heavy atom. The van der Waals surface area contributed by atoms with E-state index < -0.39 is 0 Å². The van der Waals surface area contributed by atoms with E-state index in [1.54, 1.807) is 0 Å². The smallest absolute Gasteiger partial charge is 0.232 e. The van der Waals surface area contributed by atoms with Crippen LogP contribution >= 0.6 is 0 Å². The Morgan fingerprint density at radius 1 is 1.16 bits per heavy atom. The van der Waals surface area contributed by atoms with Gasteiger partial charge >= 0.3 is 0 Å². The highest BCUT2D eigenvalue weighted by Gasteiger charge is 2.23. The van der Waals surface area contributed by atoms with Crippen molar-refractivity contribution in [3.8, 4) is 0 Å². The van der Waals surface area contributed by atoms with Crippen LogP contribution in [0.2, 0.25) is 0 Å². The lowest BCUT2D eigenvalue weighted by atomic mass is 9.97. The molecule has 0 radical (unpaired) electrons. The van der Waals surface area contributed by atoms with Crippen molar-refractivity contribution in [3.05, 3.63) is 11.7 Å². The molecule has 2 N–H and O–H groups in total. The molecule has 0 aromatic carbocycles. The Labute approximate surface area is 114 Å². The van der Waals surface area contributed by atoms with Crippen LogP contribution in [0.4, 0.5) is 0 Å². The zero-order valence-electron chi connectivity index (χ0n) is 12.2. The summed E-state index contributed by atoms with van der Waals surface area (Å²) < 4.78 is 5.32. The molecule has 0 unspecified atom stereocenters. The minimum absolute atomic E-state index is 0.0783. The van der Waals surface area contributed by atoms with Crippen LogP contribution < -0.4 is 5.73 Å². The Bertz CT molecular complexity index is 390. The fourth-order valence-corrected chi connectivity index (χ4v) is 2.18. The predicted molar refractivity (Wildman–Crippen MR) is 73.8 cm³/mol. The van der Waals surface area contributed by atoms with Gasteiger partial charge in [-0.05, 0) is 0 Å². The number of hydrogen-bond donors (Lipinski definition) is 1. The summed E-state index contributed by atoms with van der Waals surface area (Å²) in [6.07, 6.45) is 0. The average molecular weight is 267 g/mol. The number of rotatable bonds is 4. The largest absolute Gasteiger partial charge is 0.339 e. The molecule has 1 aliphatic rings. The zero-order valence-corrected chi connectivity index (χ0v) is 12.2. The molecule has 6 nitrogen and oxygen atoms in total. The minimum Gasteiger partial charge on any atom is -0.339 e. The molecule has 6 heteroatoms. The molecule has 0 bridgehead atoms. The van der Waals surface area contributed by atoms with Gasteiger partial charge in [0, 0.05) is 44.7 Å². The average Bonchev–Trinajstić information content (AvgIpc) is 2.80. The van der Waals surface area contributed by atoms with Crippen molar-refractivity contribution in [2.45, 2.75) is 32.7 Å². The standard InChI is InChI=1S/C13H25N5O/c1-13(2,3)12-15-11(16-19-12)10-18-8-6-17(5-4-14)7-9-18/h4-10,14H2,1-3H3. The molecule has 0 atom stereocenters. The first kappa shape index (κ1) is 14.4. The van der Waals surface area contributed by atoms with Crippen molar-refractivity contribution in [1.29, 1.82) is 0 Å². The lowest BCUT2D eigenvalue weighted by molar-refractivity contribution is 0.126. The van der Waals surface area contributed by atoms with Gasteiger partial charge in [0.1, 0.15) is 0 Å². The maximum Gasteiger partial charge on any atom is 0.232 e. The Hall–Kier alpha value is -0.980. The van der Waals surface area contributed by atoms with Crippen LogP contribution in [0.3, 0.4) is 0 Å². The number of hydrogen-bond acceptors (Lipinski definition) is 6. The summed E-state index contributed by atoms with van der Waals surface area (Å²) in [5, 5.41) is 4.07. The maximum absolute atomic E-state index is 5.57. The van der Waals surface area contributed by atoms with E-state index in [1.807, 2.05) is 0 Å². The molecule has 0 spiro atoms. The number of piperazine rings is 1. The highest BCUT2D eigenvalue weighted by Crippen LogP contribution is 2.20. The second kappa shape index (κ2) is 5.98. The van der Waals surface area contributed by atoms with Gasteiger partial charge in [-0.2, -0.15) is 4.98 Å². The third kappa shape index (κ3) is 3.99. The van der Waals surface area contributed by atoms with Gasteiger partial charge in [-0.1, -0.05) is 25.9 Å². The Kier molecular flexibility index (Phi) is 4.54. The van der Waals surface area contributed by atoms with E-state index in [2.05, 4.69) is 40.7 Å². The van der Waals surface area contributed by atoms with Crippen LogP contribution in [-0.4, -0.2) is 59.2 Å². The SMILES string of the molecule is CC(C)(C)c1nc(CN2CCN(CCN)CC2)no1. The van der Waals surface area contributed by atoms with Crippen molar-refractivity contribution >= 4 is 0 Å². The number of aromatic nitrogens is 2. The fraction of sp³-hybridized carbons (Fsp3) is 0.846. The topological polar surface area (TPSA) is 71.4 Å². The van der Waals surface area contributed by atoms with Gasteiger partial charge in [-0.25, -0.2) is 0 Å². The Balaban J connectivity index is 1.84. The van der Waals surface area contributed by atoms with E-state index in [9.17, 15) is 0 Å². The quantitative estimate of drug-likeness (QED) is 0.853. The van der Waals surface area contributed by atoms with Crippen LogP contribution in [0, 0.1) is 0 Å². The number of nitrogens with two attached hydrogens (primary N) is 1. The molecule has 19 heavy (non-hydrogen) atoms. The van der Waals surface area contributed by atoms with Gasteiger partial charge in [-0.15, -0.1) is 0 Å². The molecule has 0 amide bonds. The van der Waals surface area contributed by atoms with Crippen LogP contribution in [-0.2, 0) is 12.0 Å². The summed E-state index contributed by atoms with van der Waals surface area (Å²) in [6, 6.07) is 0. The zero-order chi connectivity index (χ0) is 13.9. The van der Waals surface area contributed by atoms with E-state index in [0.29, 0.717) is 5.89 Å². The van der Waals surface area contributed by atoms with Gasteiger partial charge in [0.25, 0.3) is 0 Å². The number of nitrogens with zero attached hydrogens (tertiary/aromatic N) is 4. The highest BCUT2D eigenvalue weighted by molar-refractivity contribution is 4.98. The molecule has 1 fully saturated rings. The summed E-state index contributed by atoms with van der Waals surface area (Å²) in [5.41, 5.74) is 5.50.